The van der Waals surface area contributed by atoms with E-state index in [9.17, 15) is 19.7 Å². The van der Waals surface area contributed by atoms with Gasteiger partial charge in [0.15, 0.2) is 0 Å². The summed E-state index contributed by atoms with van der Waals surface area (Å²) in [6.45, 7) is 3.66. The number of hydrogen-bond donors (Lipinski definition) is 2. The van der Waals surface area contributed by atoms with Crippen molar-refractivity contribution in [1.29, 1.82) is 0 Å². The molecule has 0 aliphatic rings. The predicted molar refractivity (Wildman–Crippen MR) is 153 cm³/mol. The summed E-state index contributed by atoms with van der Waals surface area (Å²) in [4.78, 5) is 37.3. The minimum Gasteiger partial charge on any atom is -0.471 e. The van der Waals surface area contributed by atoms with Crippen molar-refractivity contribution in [2.75, 3.05) is 0 Å². The van der Waals surface area contributed by atoms with Crippen LogP contribution < -0.4 is 10.7 Å². The Labute approximate surface area is 236 Å². The Bertz CT molecular complexity index is 1480. The quantitative estimate of drug-likeness (QED) is 0.142. The molecule has 1 atom stereocenters. The molecule has 4 aromatic rings. The highest BCUT2D eigenvalue weighted by Gasteiger charge is 2.29. The van der Waals surface area contributed by atoms with Crippen LogP contribution in [0.25, 0.3) is 11.1 Å². The third-order valence-corrected chi connectivity index (χ3v) is 6.62. The number of amides is 2. The van der Waals surface area contributed by atoms with Crippen molar-refractivity contribution in [3.8, 4) is 11.1 Å². The Morgan fingerprint density at radius 1 is 0.950 bits per heavy atom. The SMILES string of the molecule is CC(C)[C@@H](NC(=O)C(c1ccccc1)c1ccccc1)C(=O)N/N=C/c1cocc1-c1ccc(Cl)c([N+](=O)[O-])c1. The van der Waals surface area contributed by atoms with Gasteiger partial charge in [0.05, 0.1) is 29.6 Å². The van der Waals surface area contributed by atoms with Crippen molar-refractivity contribution in [3.05, 3.63) is 123 Å². The lowest BCUT2D eigenvalue weighted by Gasteiger charge is -2.24. The van der Waals surface area contributed by atoms with Crippen molar-refractivity contribution in [2.24, 2.45) is 11.0 Å². The molecule has 0 aliphatic heterocycles. The molecule has 0 fully saturated rings. The third-order valence-electron chi connectivity index (χ3n) is 6.30. The highest BCUT2D eigenvalue weighted by molar-refractivity contribution is 6.32. The van der Waals surface area contributed by atoms with Gasteiger partial charge in [0.1, 0.15) is 11.1 Å². The Kier molecular flexibility index (Phi) is 9.08. The molecule has 2 amide bonds. The van der Waals surface area contributed by atoms with Crippen LogP contribution in [0.15, 0.2) is 101 Å². The first-order valence-corrected chi connectivity index (χ1v) is 12.9. The number of nitro groups is 1. The van der Waals surface area contributed by atoms with Gasteiger partial charge < -0.3 is 9.73 Å². The molecule has 204 valence electrons. The predicted octanol–water partition coefficient (Wildman–Crippen LogP) is 5.93. The highest BCUT2D eigenvalue weighted by atomic mass is 35.5. The molecule has 0 unspecified atom stereocenters. The fourth-order valence-corrected chi connectivity index (χ4v) is 4.44. The van der Waals surface area contributed by atoms with Crippen LogP contribution in [0.3, 0.4) is 0 Å². The summed E-state index contributed by atoms with van der Waals surface area (Å²) >= 11 is 5.92. The first-order chi connectivity index (χ1) is 19.3. The average Bonchev–Trinajstić information content (AvgIpc) is 3.41. The van der Waals surface area contributed by atoms with Crippen LogP contribution in [0.5, 0.6) is 0 Å². The molecule has 3 aromatic carbocycles. The lowest BCUT2D eigenvalue weighted by molar-refractivity contribution is -0.384. The van der Waals surface area contributed by atoms with Crippen LogP contribution >= 0.6 is 11.6 Å². The number of halogens is 1. The van der Waals surface area contributed by atoms with Gasteiger partial charge in [-0.3, -0.25) is 19.7 Å². The largest absolute Gasteiger partial charge is 0.471 e. The maximum atomic E-state index is 13.5. The van der Waals surface area contributed by atoms with Gasteiger partial charge in [0.25, 0.3) is 11.6 Å². The number of nitro benzene ring substituents is 1. The van der Waals surface area contributed by atoms with E-state index in [-0.39, 0.29) is 22.5 Å². The number of nitrogens with one attached hydrogen (secondary N) is 2. The molecule has 10 heteroatoms. The Balaban J connectivity index is 1.50. The number of hydrazone groups is 1. The van der Waals surface area contributed by atoms with Crippen molar-refractivity contribution < 1.29 is 18.9 Å². The topological polar surface area (TPSA) is 127 Å². The molecule has 2 N–H and O–H groups in total. The van der Waals surface area contributed by atoms with Crippen LogP contribution in [0.1, 0.15) is 36.5 Å². The maximum absolute atomic E-state index is 13.5. The fraction of sp³-hybridized carbons (Fsp3) is 0.167. The fourth-order valence-electron chi connectivity index (χ4n) is 4.25. The maximum Gasteiger partial charge on any atom is 0.288 e. The van der Waals surface area contributed by atoms with Crippen molar-refractivity contribution >= 4 is 35.3 Å². The average molecular weight is 559 g/mol. The molecule has 0 aliphatic carbocycles. The molecule has 0 saturated carbocycles. The summed E-state index contributed by atoms with van der Waals surface area (Å²) < 4.78 is 5.27. The number of benzene rings is 3. The molecule has 40 heavy (non-hydrogen) atoms. The molecular formula is C30H27ClN4O5. The number of carbonyl (C=O) groups is 2. The molecule has 1 aromatic heterocycles. The van der Waals surface area contributed by atoms with Gasteiger partial charge >= 0.3 is 0 Å². The van der Waals surface area contributed by atoms with E-state index in [2.05, 4.69) is 15.8 Å². The summed E-state index contributed by atoms with van der Waals surface area (Å²) in [5.74, 6) is -1.63. The smallest absolute Gasteiger partial charge is 0.288 e. The van der Waals surface area contributed by atoms with E-state index in [1.165, 1.54) is 30.9 Å². The standard InChI is InChI=1S/C30H27ClN4O5/c1-19(2)28(33-29(36)27(20-9-5-3-6-10-20)21-11-7-4-8-12-21)30(37)34-32-16-23-17-40-18-24(23)22-13-14-25(31)26(15-22)35(38)39/h3-19,27-28H,1-2H3,(H,33,36)(H,34,37)/b32-16+/t28-/m1/s1. The molecule has 0 radical (unpaired) electrons. The molecular weight excluding hydrogens is 532 g/mol. The van der Waals surface area contributed by atoms with E-state index >= 15 is 0 Å². The molecule has 0 spiro atoms. The lowest BCUT2D eigenvalue weighted by Crippen LogP contribution is -2.50. The summed E-state index contributed by atoms with van der Waals surface area (Å²) in [6, 6.07) is 22.3. The number of nitrogens with zero attached hydrogens (tertiary/aromatic N) is 2. The third kappa shape index (κ3) is 6.62. The highest BCUT2D eigenvalue weighted by Crippen LogP contribution is 2.32. The molecule has 1 heterocycles. The van der Waals surface area contributed by atoms with E-state index < -0.39 is 22.8 Å². The molecule has 0 saturated heterocycles. The van der Waals surface area contributed by atoms with Crippen LogP contribution in [-0.2, 0) is 9.59 Å². The number of furan rings is 1. The lowest BCUT2D eigenvalue weighted by atomic mass is 9.89. The van der Waals surface area contributed by atoms with E-state index in [1.54, 1.807) is 6.07 Å². The minimum absolute atomic E-state index is 0.0169. The van der Waals surface area contributed by atoms with E-state index in [1.807, 2.05) is 74.5 Å². The van der Waals surface area contributed by atoms with Crippen LogP contribution in [0.2, 0.25) is 5.02 Å². The Morgan fingerprint density at radius 3 is 2.15 bits per heavy atom. The zero-order chi connectivity index (χ0) is 28.6. The van der Waals surface area contributed by atoms with Crippen LogP contribution in [-0.4, -0.2) is 29.0 Å². The van der Waals surface area contributed by atoms with Gasteiger partial charge in [-0.05, 0) is 28.7 Å². The molecule has 9 nitrogen and oxygen atoms in total. The van der Waals surface area contributed by atoms with Crippen molar-refractivity contribution in [3.63, 3.8) is 0 Å². The zero-order valence-electron chi connectivity index (χ0n) is 21.8. The molecule has 4 rings (SSSR count). The second-order valence-electron chi connectivity index (χ2n) is 9.38. The van der Waals surface area contributed by atoms with Crippen molar-refractivity contribution in [2.45, 2.75) is 25.8 Å². The van der Waals surface area contributed by atoms with Gasteiger partial charge in [-0.25, -0.2) is 5.43 Å². The normalized spacial score (nSPS) is 12.0. The molecule has 0 bridgehead atoms. The van der Waals surface area contributed by atoms with Gasteiger partial charge in [0, 0.05) is 17.2 Å². The first-order valence-electron chi connectivity index (χ1n) is 12.5. The van der Waals surface area contributed by atoms with Gasteiger partial charge in [0.2, 0.25) is 5.91 Å². The van der Waals surface area contributed by atoms with Crippen LogP contribution in [0, 0.1) is 16.0 Å². The summed E-state index contributed by atoms with van der Waals surface area (Å²) in [5.41, 5.74) is 5.37. The van der Waals surface area contributed by atoms with Gasteiger partial charge in [-0.2, -0.15) is 5.10 Å². The van der Waals surface area contributed by atoms with Crippen molar-refractivity contribution in [1.82, 2.24) is 10.7 Å². The minimum atomic E-state index is -0.859. The van der Waals surface area contributed by atoms with Crippen LogP contribution in [0.4, 0.5) is 5.69 Å². The summed E-state index contributed by atoms with van der Waals surface area (Å²) in [5, 5.41) is 18.2. The first kappa shape index (κ1) is 28.3. The van der Waals surface area contributed by atoms with E-state index in [4.69, 9.17) is 16.0 Å². The van der Waals surface area contributed by atoms with Gasteiger partial charge in [-0.15, -0.1) is 0 Å². The van der Waals surface area contributed by atoms with E-state index in [0.717, 1.165) is 11.1 Å². The summed E-state index contributed by atoms with van der Waals surface area (Å²) in [6.07, 6.45) is 4.19. The summed E-state index contributed by atoms with van der Waals surface area (Å²) in [7, 11) is 0. The number of rotatable bonds is 10. The monoisotopic (exact) mass is 558 g/mol. The Hall–Kier alpha value is -4.76. The van der Waals surface area contributed by atoms with Gasteiger partial charge in [-0.1, -0.05) is 92.2 Å². The number of carbonyl (C=O) groups excluding carboxylic acids is 2. The zero-order valence-corrected chi connectivity index (χ0v) is 22.5. The second kappa shape index (κ2) is 12.9. The van der Waals surface area contributed by atoms with E-state index in [0.29, 0.717) is 16.7 Å². The Morgan fingerprint density at radius 2 is 1.57 bits per heavy atom. The second-order valence-corrected chi connectivity index (χ2v) is 9.79. The number of hydrogen-bond acceptors (Lipinski definition) is 6.